The van der Waals surface area contributed by atoms with Crippen LogP contribution in [0.5, 0.6) is 0 Å². The Balaban J connectivity index is 2.40. The van der Waals surface area contributed by atoms with Crippen molar-refractivity contribution in [3.8, 4) is 0 Å². The molecule has 0 aromatic heterocycles. The van der Waals surface area contributed by atoms with Crippen LogP contribution in [0.4, 0.5) is 0 Å². The molecule has 3 nitrogen and oxygen atoms in total. The van der Waals surface area contributed by atoms with Gasteiger partial charge in [0.15, 0.2) is 0 Å². The van der Waals surface area contributed by atoms with Gasteiger partial charge in [0.2, 0.25) is 0 Å². The largest absolute Gasteiger partial charge is 0.462 e. The summed E-state index contributed by atoms with van der Waals surface area (Å²) < 4.78 is 5.40. The van der Waals surface area contributed by atoms with Gasteiger partial charge in [-0.25, -0.2) is 0 Å². The van der Waals surface area contributed by atoms with Crippen molar-refractivity contribution in [1.29, 1.82) is 0 Å². The average Bonchev–Trinajstić information content (AvgIpc) is 2.54. The number of carbonyl (C=O) groups excluding carboxylic acids is 1. The van der Waals surface area contributed by atoms with Gasteiger partial charge >= 0.3 is 5.97 Å². The summed E-state index contributed by atoms with van der Waals surface area (Å²) in [5, 5.41) is 3.20. The van der Waals surface area contributed by atoms with Gasteiger partial charge in [0.1, 0.15) is 0 Å². The topological polar surface area (TPSA) is 38.3 Å². The maximum atomic E-state index is 11.8. The van der Waals surface area contributed by atoms with Crippen molar-refractivity contribution in [3.63, 3.8) is 0 Å². The van der Waals surface area contributed by atoms with E-state index in [-0.39, 0.29) is 17.5 Å². The number of carbonyl (C=O) groups is 1. The molecule has 0 aromatic rings. The lowest BCUT2D eigenvalue weighted by Gasteiger charge is -2.23. The first-order chi connectivity index (χ1) is 6.58. The van der Waals surface area contributed by atoms with E-state index in [1.807, 2.05) is 13.8 Å². The first-order valence-electron chi connectivity index (χ1n) is 5.50. The Kier molecular flexibility index (Phi) is 3.93. The van der Waals surface area contributed by atoms with Crippen LogP contribution in [0.15, 0.2) is 0 Å². The fourth-order valence-corrected chi connectivity index (χ4v) is 1.78. The van der Waals surface area contributed by atoms with Crippen LogP contribution >= 0.6 is 0 Å². The number of nitrogens with one attached hydrogen (secondary N) is 1. The van der Waals surface area contributed by atoms with Crippen LogP contribution in [0, 0.1) is 5.41 Å². The highest BCUT2D eigenvalue weighted by Gasteiger charge is 2.38. The molecule has 0 spiro atoms. The quantitative estimate of drug-likeness (QED) is 0.701. The van der Waals surface area contributed by atoms with Crippen LogP contribution in [0.25, 0.3) is 0 Å². The Bertz CT molecular complexity index is 197. The highest BCUT2D eigenvalue weighted by Crippen LogP contribution is 2.26. The standard InChI is InChI=1S/C11H21NO2/c1-4-5-9(2)14-10(13)11(3)6-7-12-8-11/h9,12H,4-8H2,1-3H3. The van der Waals surface area contributed by atoms with Crippen molar-refractivity contribution >= 4 is 5.97 Å². The lowest BCUT2D eigenvalue weighted by Crippen LogP contribution is -2.34. The number of rotatable bonds is 4. The van der Waals surface area contributed by atoms with Gasteiger partial charge in [0, 0.05) is 6.54 Å². The minimum Gasteiger partial charge on any atom is -0.462 e. The maximum Gasteiger partial charge on any atom is 0.313 e. The molecule has 1 N–H and O–H groups in total. The molecular weight excluding hydrogens is 178 g/mol. The highest BCUT2D eigenvalue weighted by molar-refractivity contribution is 5.77. The second kappa shape index (κ2) is 4.78. The molecule has 14 heavy (non-hydrogen) atoms. The molecule has 1 aliphatic rings. The molecule has 0 saturated carbocycles. The van der Waals surface area contributed by atoms with E-state index in [9.17, 15) is 4.79 Å². The number of ether oxygens (including phenoxy) is 1. The van der Waals surface area contributed by atoms with Crippen molar-refractivity contribution in [1.82, 2.24) is 5.32 Å². The molecule has 2 atom stereocenters. The lowest BCUT2D eigenvalue weighted by molar-refractivity contribution is -0.158. The summed E-state index contributed by atoms with van der Waals surface area (Å²) in [4.78, 5) is 11.8. The van der Waals surface area contributed by atoms with Crippen molar-refractivity contribution in [2.24, 2.45) is 5.41 Å². The molecule has 2 unspecified atom stereocenters. The SMILES string of the molecule is CCCC(C)OC(=O)C1(C)CCNC1. The van der Waals surface area contributed by atoms with E-state index in [2.05, 4.69) is 12.2 Å². The summed E-state index contributed by atoms with van der Waals surface area (Å²) in [6.07, 6.45) is 2.97. The Morgan fingerprint density at radius 3 is 2.86 bits per heavy atom. The first-order valence-corrected chi connectivity index (χ1v) is 5.50. The van der Waals surface area contributed by atoms with Crippen LogP contribution in [0.2, 0.25) is 0 Å². The van der Waals surface area contributed by atoms with Crippen molar-refractivity contribution in [2.75, 3.05) is 13.1 Å². The smallest absolute Gasteiger partial charge is 0.313 e. The molecule has 1 aliphatic heterocycles. The van der Waals surface area contributed by atoms with Gasteiger partial charge in [-0.05, 0) is 33.2 Å². The van der Waals surface area contributed by atoms with Gasteiger partial charge in [0.25, 0.3) is 0 Å². The van der Waals surface area contributed by atoms with Crippen LogP contribution in [0.1, 0.15) is 40.0 Å². The summed E-state index contributed by atoms with van der Waals surface area (Å²) in [6.45, 7) is 7.72. The number of esters is 1. The molecule has 1 fully saturated rings. The molecule has 0 radical (unpaired) electrons. The van der Waals surface area contributed by atoms with Crippen LogP contribution in [-0.4, -0.2) is 25.2 Å². The second-order valence-electron chi connectivity index (χ2n) is 4.49. The van der Waals surface area contributed by atoms with E-state index in [1.54, 1.807) is 0 Å². The van der Waals surface area contributed by atoms with E-state index >= 15 is 0 Å². The minimum absolute atomic E-state index is 0.0385. The van der Waals surface area contributed by atoms with E-state index in [0.717, 1.165) is 32.4 Å². The molecule has 1 saturated heterocycles. The second-order valence-corrected chi connectivity index (χ2v) is 4.49. The van der Waals surface area contributed by atoms with Gasteiger partial charge < -0.3 is 10.1 Å². The Morgan fingerprint density at radius 2 is 2.36 bits per heavy atom. The molecule has 82 valence electrons. The van der Waals surface area contributed by atoms with Crippen LogP contribution < -0.4 is 5.32 Å². The van der Waals surface area contributed by atoms with Gasteiger partial charge in [-0.15, -0.1) is 0 Å². The maximum absolute atomic E-state index is 11.8. The van der Waals surface area contributed by atoms with Crippen LogP contribution in [-0.2, 0) is 9.53 Å². The fourth-order valence-electron chi connectivity index (χ4n) is 1.78. The molecule has 3 heteroatoms. The molecular formula is C11H21NO2. The third-order valence-corrected chi connectivity index (χ3v) is 2.86. The molecule has 0 aromatic carbocycles. The first kappa shape index (κ1) is 11.5. The average molecular weight is 199 g/mol. The zero-order chi connectivity index (χ0) is 10.6. The monoisotopic (exact) mass is 199 g/mol. The van der Waals surface area contributed by atoms with Crippen LogP contribution in [0.3, 0.4) is 0 Å². The van der Waals surface area contributed by atoms with E-state index in [0.29, 0.717) is 0 Å². The zero-order valence-electron chi connectivity index (χ0n) is 9.43. The number of hydrogen-bond donors (Lipinski definition) is 1. The predicted molar refractivity (Wildman–Crippen MR) is 56.1 cm³/mol. The van der Waals surface area contributed by atoms with Gasteiger partial charge in [-0.2, -0.15) is 0 Å². The molecule has 0 amide bonds. The third kappa shape index (κ3) is 2.71. The summed E-state index contributed by atoms with van der Waals surface area (Å²) in [7, 11) is 0. The molecule has 1 rings (SSSR count). The Morgan fingerprint density at radius 1 is 1.64 bits per heavy atom. The Hall–Kier alpha value is -0.570. The van der Waals surface area contributed by atoms with Crippen molar-refractivity contribution in [3.05, 3.63) is 0 Å². The van der Waals surface area contributed by atoms with Gasteiger partial charge in [-0.3, -0.25) is 4.79 Å². The third-order valence-electron chi connectivity index (χ3n) is 2.86. The molecule has 1 heterocycles. The van der Waals surface area contributed by atoms with E-state index < -0.39 is 0 Å². The van der Waals surface area contributed by atoms with Crippen molar-refractivity contribution < 1.29 is 9.53 Å². The fraction of sp³-hybridized carbons (Fsp3) is 0.909. The van der Waals surface area contributed by atoms with E-state index in [1.165, 1.54) is 0 Å². The molecule has 0 bridgehead atoms. The van der Waals surface area contributed by atoms with Gasteiger partial charge in [-0.1, -0.05) is 13.3 Å². The van der Waals surface area contributed by atoms with Gasteiger partial charge in [0.05, 0.1) is 11.5 Å². The summed E-state index contributed by atoms with van der Waals surface area (Å²) >= 11 is 0. The summed E-state index contributed by atoms with van der Waals surface area (Å²) in [6, 6.07) is 0. The Labute approximate surface area is 86.2 Å². The highest BCUT2D eigenvalue weighted by atomic mass is 16.5. The summed E-state index contributed by atoms with van der Waals surface area (Å²) in [5.41, 5.74) is -0.290. The minimum atomic E-state index is -0.290. The zero-order valence-corrected chi connectivity index (χ0v) is 9.43. The van der Waals surface area contributed by atoms with Crippen molar-refractivity contribution in [2.45, 2.75) is 46.1 Å². The number of hydrogen-bond acceptors (Lipinski definition) is 3. The molecule has 0 aliphatic carbocycles. The summed E-state index contributed by atoms with van der Waals surface area (Å²) in [5.74, 6) is -0.0385. The lowest BCUT2D eigenvalue weighted by atomic mass is 9.90. The predicted octanol–water partition coefficient (Wildman–Crippen LogP) is 1.72. The normalized spacial score (nSPS) is 28.8. The van der Waals surface area contributed by atoms with E-state index in [4.69, 9.17) is 4.74 Å².